The van der Waals surface area contributed by atoms with E-state index in [1.807, 2.05) is 0 Å². The largest absolute Gasteiger partial charge is 0.492 e. The van der Waals surface area contributed by atoms with Crippen LogP contribution in [0.3, 0.4) is 0 Å². The molecule has 0 aliphatic heterocycles. The number of carbonyl (C=O) groups is 1. The number of pyridine rings is 1. The molecule has 4 N–H and O–H groups in total. The molecule has 6 nitrogen and oxygen atoms in total. The highest BCUT2D eigenvalue weighted by Gasteiger charge is 2.43. The predicted molar refractivity (Wildman–Crippen MR) is 85.4 cm³/mol. The smallest absolute Gasteiger partial charge is 0.337 e. The molecule has 0 amide bonds. The van der Waals surface area contributed by atoms with Gasteiger partial charge in [0.25, 0.3) is 0 Å². The molecule has 0 spiro atoms. The molecule has 0 bridgehead atoms. The number of nitrogens with zero attached hydrogens (tertiary/aromatic N) is 1. The van der Waals surface area contributed by atoms with E-state index in [0.29, 0.717) is 10.8 Å². The maximum Gasteiger partial charge on any atom is 0.337 e. The molecule has 1 heterocycles. The van der Waals surface area contributed by atoms with Gasteiger partial charge in [0.05, 0.1) is 6.04 Å². The van der Waals surface area contributed by atoms with Crippen LogP contribution in [0.2, 0.25) is 5.02 Å². The quantitative estimate of drug-likeness (QED) is 0.698. The molecule has 1 aromatic heterocycles. The minimum absolute atomic E-state index is 0.282. The van der Waals surface area contributed by atoms with Crippen molar-refractivity contribution in [2.45, 2.75) is 18.1 Å². The minimum atomic E-state index is -2.29. The molecule has 0 radical (unpaired) electrons. The van der Waals surface area contributed by atoms with E-state index in [1.54, 1.807) is 0 Å². The number of halogens is 2. The Morgan fingerprint density at radius 3 is 2.62 bits per heavy atom. The first-order valence-corrected chi connectivity index (χ1v) is 7.39. The highest BCUT2D eigenvalue weighted by atomic mass is 35.5. The molecular weight excluding hydrogens is 339 g/mol. The number of aliphatic hydroxyl groups is 1. The lowest BCUT2D eigenvalue weighted by atomic mass is 9.90. The highest BCUT2D eigenvalue weighted by Crippen LogP contribution is 2.20. The zero-order valence-electron chi connectivity index (χ0n) is 12.5. The van der Waals surface area contributed by atoms with E-state index in [9.17, 15) is 19.4 Å². The van der Waals surface area contributed by atoms with Crippen molar-refractivity contribution in [3.05, 3.63) is 59.1 Å². The van der Waals surface area contributed by atoms with Crippen molar-refractivity contribution in [3.8, 4) is 5.75 Å². The third kappa shape index (κ3) is 4.41. The summed E-state index contributed by atoms with van der Waals surface area (Å²) in [4.78, 5) is 15.5. The summed E-state index contributed by atoms with van der Waals surface area (Å²) in [6.45, 7) is -0.283. The van der Waals surface area contributed by atoms with Crippen molar-refractivity contribution in [2.75, 3.05) is 6.61 Å². The summed E-state index contributed by atoms with van der Waals surface area (Å²) in [5.74, 6) is -1.62. The van der Waals surface area contributed by atoms with Crippen molar-refractivity contribution >= 4 is 17.6 Å². The summed E-state index contributed by atoms with van der Waals surface area (Å²) < 4.78 is 18.2. The average molecular weight is 355 g/mol. The summed E-state index contributed by atoms with van der Waals surface area (Å²) >= 11 is 5.83. The maximum absolute atomic E-state index is 12.8. The van der Waals surface area contributed by atoms with Crippen LogP contribution in [0.15, 0.2) is 42.6 Å². The molecular formula is C16H16ClFN2O4. The summed E-state index contributed by atoms with van der Waals surface area (Å²) in [6, 6.07) is 6.87. The second-order valence-corrected chi connectivity index (χ2v) is 5.68. The molecule has 0 aliphatic rings. The van der Waals surface area contributed by atoms with Gasteiger partial charge in [0.15, 0.2) is 5.60 Å². The number of nitrogens with two attached hydrogens (primary N) is 1. The number of rotatable bonds is 7. The number of carboxylic acid groups (broad SMARTS) is 1. The molecule has 24 heavy (non-hydrogen) atoms. The van der Waals surface area contributed by atoms with Gasteiger partial charge in [-0.05, 0) is 36.4 Å². The van der Waals surface area contributed by atoms with Gasteiger partial charge in [-0.15, -0.1) is 0 Å². The summed E-state index contributed by atoms with van der Waals surface area (Å²) in [6.07, 6.45) is 1.07. The molecule has 8 heteroatoms. The van der Waals surface area contributed by atoms with Gasteiger partial charge in [-0.2, -0.15) is 0 Å². The van der Waals surface area contributed by atoms with E-state index in [1.165, 1.54) is 42.6 Å². The molecule has 0 saturated heterocycles. The number of ether oxygens (including phenoxy) is 1. The zero-order chi connectivity index (χ0) is 17.7. The van der Waals surface area contributed by atoms with Gasteiger partial charge >= 0.3 is 5.97 Å². The first-order valence-electron chi connectivity index (χ1n) is 7.01. The Hall–Kier alpha value is -2.22. The Morgan fingerprint density at radius 2 is 2.04 bits per heavy atom. The summed E-state index contributed by atoms with van der Waals surface area (Å²) in [5, 5.41) is 20.2. The average Bonchev–Trinajstić information content (AvgIpc) is 2.53. The molecule has 0 fully saturated rings. The van der Waals surface area contributed by atoms with E-state index in [0.717, 1.165) is 0 Å². The van der Waals surface area contributed by atoms with E-state index < -0.39 is 23.4 Å². The second-order valence-electron chi connectivity index (χ2n) is 5.24. The molecule has 128 valence electrons. The number of carboxylic acids is 1. The number of aliphatic carboxylic acids is 1. The first kappa shape index (κ1) is 18.1. The first-order chi connectivity index (χ1) is 11.3. The third-order valence-electron chi connectivity index (χ3n) is 3.46. The van der Waals surface area contributed by atoms with Crippen LogP contribution in [0.4, 0.5) is 4.39 Å². The minimum Gasteiger partial charge on any atom is -0.492 e. The van der Waals surface area contributed by atoms with E-state index in [2.05, 4.69) is 4.98 Å². The molecule has 2 aromatic rings. The van der Waals surface area contributed by atoms with Crippen molar-refractivity contribution < 1.29 is 24.1 Å². The number of benzene rings is 1. The van der Waals surface area contributed by atoms with Gasteiger partial charge in [-0.3, -0.25) is 4.98 Å². The molecule has 1 aromatic carbocycles. The second kappa shape index (κ2) is 7.57. The van der Waals surface area contributed by atoms with Crippen LogP contribution in [0.1, 0.15) is 5.69 Å². The molecule has 2 rings (SSSR count). The Kier molecular flexibility index (Phi) is 5.71. The summed E-state index contributed by atoms with van der Waals surface area (Å²) in [5.41, 5.74) is 3.81. The Labute approximate surface area is 142 Å². The molecule has 0 aliphatic carbocycles. The van der Waals surface area contributed by atoms with Crippen LogP contribution in [0.5, 0.6) is 5.75 Å². The fourth-order valence-electron chi connectivity index (χ4n) is 2.04. The number of aromatic nitrogens is 1. The van der Waals surface area contributed by atoms with Crippen molar-refractivity contribution in [2.24, 2.45) is 5.73 Å². The lowest BCUT2D eigenvalue weighted by Gasteiger charge is -2.29. The van der Waals surface area contributed by atoms with Crippen molar-refractivity contribution in [1.82, 2.24) is 4.98 Å². The van der Waals surface area contributed by atoms with Gasteiger partial charge in [-0.1, -0.05) is 11.6 Å². The molecule has 0 saturated carbocycles. The van der Waals surface area contributed by atoms with Gasteiger partial charge < -0.3 is 20.7 Å². The lowest BCUT2D eigenvalue weighted by Crippen LogP contribution is -2.58. The number of hydrogen-bond donors (Lipinski definition) is 3. The topological polar surface area (TPSA) is 106 Å². The highest BCUT2D eigenvalue weighted by molar-refractivity contribution is 6.30. The lowest BCUT2D eigenvalue weighted by molar-refractivity contribution is -0.161. The monoisotopic (exact) mass is 354 g/mol. The SMILES string of the molecule is N[C@@H](COc1ccc(F)cc1)[C@](O)(Cc1cc(Cl)ccn1)C(=O)O. The molecule has 2 atom stereocenters. The Morgan fingerprint density at radius 1 is 1.38 bits per heavy atom. The standard InChI is InChI=1S/C16H16ClFN2O4/c17-10-5-6-20-12(7-10)8-16(23,15(21)22)14(19)9-24-13-3-1-11(18)2-4-13/h1-7,14,23H,8-9,19H2,(H,21,22)/t14-,16+/m0/s1. The fraction of sp³-hybridized carbons (Fsp3) is 0.250. The van der Waals surface area contributed by atoms with Crippen molar-refractivity contribution in [3.63, 3.8) is 0 Å². The van der Waals surface area contributed by atoms with E-state index >= 15 is 0 Å². The Bertz CT molecular complexity index is 713. The fourth-order valence-corrected chi connectivity index (χ4v) is 2.22. The van der Waals surface area contributed by atoms with Crippen LogP contribution in [-0.4, -0.2) is 39.4 Å². The van der Waals surface area contributed by atoms with E-state index in [4.69, 9.17) is 22.1 Å². The van der Waals surface area contributed by atoms with Crippen LogP contribution >= 0.6 is 11.6 Å². The predicted octanol–water partition coefficient (Wildman–Crippen LogP) is 1.64. The van der Waals surface area contributed by atoms with Crippen LogP contribution in [0, 0.1) is 5.82 Å². The van der Waals surface area contributed by atoms with Crippen LogP contribution in [0.25, 0.3) is 0 Å². The third-order valence-corrected chi connectivity index (χ3v) is 3.69. The Balaban J connectivity index is 2.10. The van der Waals surface area contributed by atoms with Gasteiger partial charge in [-0.25, -0.2) is 9.18 Å². The molecule has 0 unspecified atom stereocenters. The maximum atomic E-state index is 12.8. The van der Waals surface area contributed by atoms with Crippen LogP contribution in [-0.2, 0) is 11.2 Å². The van der Waals surface area contributed by atoms with Gasteiger partial charge in [0.1, 0.15) is 18.2 Å². The van der Waals surface area contributed by atoms with Gasteiger partial charge in [0, 0.05) is 23.3 Å². The zero-order valence-corrected chi connectivity index (χ0v) is 13.3. The van der Waals surface area contributed by atoms with Crippen LogP contribution < -0.4 is 10.5 Å². The van der Waals surface area contributed by atoms with Gasteiger partial charge in [0.2, 0.25) is 0 Å². The van der Waals surface area contributed by atoms with E-state index in [-0.39, 0.29) is 18.7 Å². The normalized spacial score (nSPS) is 14.7. The summed E-state index contributed by atoms with van der Waals surface area (Å²) in [7, 11) is 0. The van der Waals surface area contributed by atoms with Crippen molar-refractivity contribution in [1.29, 1.82) is 0 Å². The number of hydrogen-bond acceptors (Lipinski definition) is 5.